The fraction of sp³-hybridized carbons (Fsp3) is 0.630. The number of aliphatic hydroxyl groups excluding tert-OH is 4. The maximum absolute atomic E-state index is 10.9. The molecular formula is C27H33N5O8. The Morgan fingerprint density at radius 1 is 1.10 bits per heavy atom. The zero-order valence-electron chi connectivity index (χ0n) is 21.9. The molecule has 2 bridgehead atoms. The SMILES string of the molecule is CN1CC[C@]23c4c5ccc(O)c4O[C@H]2C(O[C@@H]2OC(c4nc6n(n4)CCC(O)N6)[C@H](O)[C@H](O)C2O)C=CC3[C@H]1C5. The van der Waals surface area contributed by atoms with Crippen LogP contribution in [0.2, 0.25) is 0 Å². The van der Waals surface area contributed by atoms with Crippen LogP contribution in [0.25, 0.3) is 0 Å². The number of hydrogen-bond acceptors (Lipinski definition) is 12. The van der Waals surface area contributed by atoms with Crippen LogP contribution in [0, 0.1) is 5.92 Å². The highest BCUT2D eigenvalue weighted by molar-refractivity contribution is 5.61. The molecule has 5 heterocycles. The van der Waals surface area contributed by atoms with Gasteiger partial charge in [0.05, 0.1) is 0 Å². The van der Waals surface area contributed by atoms with Crippen LogP contribution in [0.3, 0.4) is 0 Å². The molecule has 11 atom stereocenters. The van der Waals surface area contributed by atoms with Crippen molar-refractivity contribution in [3.63, 3.8) is 0 Å². The number of aromatic nitrogens is 3. The standard InChI is InChI=1S/C27H33N5O8/c1-31-9-7-27-12-3-5-15(23(27)39-21-14(33)4-2-11(17(21)27)10-13(12)31)38-25-20(37)18(35)19(36)22(40-25)24-29-26-28-16(34)6-8-32(26)30-24/h2-5,12-13,15-16,18-20,22-23,25,33-37H,6-10H2,1H3,(H,28,29,30)/t12?,13-,15?,16?,18+,19-,20?,22?,23+,25-,27+/m1/s1. The number of aryl methyl sites for hydroxylation is 1. The third-order valence-electron chi connectivity index (χ3n) is 9.84. The molecule has 1 spiro atoms. The van der Waals surface area contributed by atoms with Gasteiger partial charge < -0.3 is 50.0 Å². The van der Waals surface area contributed by atoms with E-state index >= 15 is 0 Å². The van der Waals surface area contributed by atoms with Crippen LogP contribution in [0.15, 0.2) is 24.3 Å². The Kier molecular flexibility index (Phi) is 5.38. The molecule has 214 valence electrons. The van der Waals surface area contributed by atoms with Gasteiger partial charge >= 0.3 is 0 Å². The lowest BCUT2D eigenvalue weighted by Gasteiger charge is -2.57. The summed E-state index contributed by atoms with van der Waals surface area (Å²) in [4.78, 5) is 6.74. The number of aliphatic hydroxyl groups is 4. The Bertz CT molecular complexity index is 1380. The molecule has 8 rings (SSSR count). The smallest absolute Gasteiger partial charge is 0.223 e. The molecule has 6 aliphatic rings. The number of phenolic OH excluding ortho intramolecular Hbond substituents is 1. The van der Waals surface area contributed by atoms with Crippen molar-refractivity contribution in [3.05, 3.63) is 41.2 Å². The number of aromatic hydroxyl groups is 1. The van der Waals surface area contributed by atoms with Gasteiger partial charge in [-0.05, 0) is 38.1 Å². The third-order valence-corrected chi connectivity index (χ3v) is 9.84. The summed E-state index contributed by atoms with van der Waals surface area (Å²) in [5.74, 6) is 1.18. The summed E-state index contributed by atoms with van der Waals surface area (Å²) in [6.45, 7) is 1.29. The average molecular weight is 556 g/mol. The van der Waals surface area contributed by atoms with E-state index in [9.17, 15) is 25.5 Å². The second kappa shape index (κ2) is 8.61. The van der Waals surface area contributed by atoms with Crippen molar-refractivity contribution in [3.8, 4) is 11.5 Å². The monoisotopic (exact) mass is 555 g/mol. The van der Waals surface area contributed by atoms with E-state index in [0.29, 0.717) is 24.7 Å². The lowest BCUT2D eigenvalue weighted by atomic mass is 9.53. The van der Waals surface area contributed by atoms with E-state index in [1.54, 1.807) is 10.7 Å². The number of benzene rings is 1. The largest absolute Gasteiger partial charge is 0.504 e. The topological polar surface area (TPSA) is 175 Å². The Morgan fingerprint density at radius 2 is 1.95 bits per heavy atom. The van der Waals surface area contributed by atoms with Gasteiger partial charge in [-0.2, -0.15) is 10.1 Å². The van der Waals surface area contributed by atoms with Crippen molar-refractivity contribution < 1.29 is 39.7 Å². The van der Waals surface area contributed by atoms with Crippen molar-refractivity contribution in [1.29, 1.82) is 0 Å². The predicted molar refractivity (Wildman–Crippen MR) is 136 cm³/mol. The Balaban J connectivity index is 1.12. The summed E-state index contributed by atoms with van der Waals surface area (Å²) in [7, 11) is 2.14. The normalized spacial score (nSPS) is 43.0. The van der Waals surface area contributed by atoms with Crippen molar-refractivity contribution in [1.82, 2.24) is 19.7 Å². The van der Waals surface area contributed by atoms with Crippen LogP contribution in [0.4, 0.5) is 5.95 Å². The van der Waals surface area contributed by atoms with Crippen molar-refractivity contribution in [2.45, 2.75) is 86.4 Å². The molecule has 2 aromatic rings. The van der Waals surface area contributed by atoms with Crippen LogP contribution >= 0.6 is 0 Å². The molecule has 0 amide bonds. The number of nitrogens with one attached hydrogen (secondary N) is 1. The predicted octanol–water partition coefficient (Wildman–Crippen LogP) is -0.872. The number of hydrogen-bond donors (Lipinski definition) is 6. The second-order valence-electron chi connectivity index (χ2n) is 11.9. The molecule has 40 heavy (non-hydrogen) atoms. The Labute approximate surface area is 229 Å². The van der Waals surface area contributed by atoms with E-state index in [2.05, 4.69) is 33.4 Å². The molecule has 0 saturated carbocycles. The van der Waals surface area contributed by atoms with E-state index < -0.39 is 54.6 Å². The number of anilines is 1. The molecule has 2 fully saturated rings. The van der Waals surface area contributed by atoms with E-state index in [4.69, 9.17) is 14.2 Å². The number of likely N-dealkylation sites (N-methyl/N-ethyl adjacent to an activating group) is 1. The number of likely N-dealkylation sites (tertiary alicyclic amines) is 1. The number of rotatable bonds is 3. The van der Waals surface area contributed by atoms with Gasteiger partial charge in [0.15, 0.2) is 29.7 Å². The van der Waals surface area contributed by atoms with Gasteiger partial charge in [0.2, 0.25) is 5.95 Å². The first-order valence-corrected chi connectivity index (χ1v) is 13.9. The average Bonchev–Trinajstić information content (AvgIpc) is 3.52. The number of phenols is 1. The number of fused-ring (bicyclic) bond motifs is 1. The van der Waals surface area contributed by atoms with Crippen LogP contribution in [-0.4, -0.2) is 108 Å². The first kappa shape index (κ1) is 25.0. The van der Waals surface area contributed by atoms with Crippen LogP contribution in [0.5, 0.6) is 11.5 Å². The number of piperidine rings is 1. The van der Waals surface area contributed by atoms with E-state index in [0.717, 1.165) is 24.9 Å². The molecule has 0 radical (unpaired) electrons. The molecule has 4 aliphatic heterocycles. The first-order valence-electron chi connectivity index (χ1n) is 13.9. The summed E-state index contributed by atoms with van der Waals surface area (Å²) >= 11 is 0. The van der Waals surface area contributed by atoms with Crippen molar-refractivity contribution in [2.24, 2.45) is 5.92 Å². The van der Waals surface area contributed by atoms with Gasteiger partial charge in [-0.15, -0.1) is 0 Å². The maximum atomic E-state index is 10.9. The van der Waals surface area contributed by atoms with Gasteiger partial charge in [-0.1, -0.05) is 18.2 Å². The van der Waals surface area contributed by atoms with E-state index in [-0.39, 0.29) is 23.5 Å². The fourth-order valence-electron chi connectivity index (χ4n) is 7.87. The third kappa shape index (κ3) is 3.27. The van der Waals surface area contributed by atoms with Crippen LogP contribution in [-0.2, 0) is 27.9 Å². The lowest BCUT2D eigenvalue weighted by Crippen LogP contribution is -2.66. The summed E-state index contributed by atoms with van der Waals surface area (Å²) in [5, 5.41) is 60.4. The van der Waals surface area contributed by atoms with Gasteiger partial charge in [-0.25, -0.2) is 4.68 Å². The Morgan fingerprint density at radius 3 is 2.80 bits per heavy atom. The van der Waals surface area contributed by atoms with Gasteiger partial charge in [0.25, 0.3) is 0 Å². The molecule has 5 unspecified atom stereocenters. The zero-order valence-corrected chi connectivity index (χ0v) is 21.9. The highest BCUT2D eigenvalue weighted by Crippen LogP contribution is 2.62. The molecule has 6 N–H and O–H groups in total. The fourth-order valence-corrected chi connectivity index (χ4v) is 7.87. The summed E-state index contributed by atoms with van der Waals surface area (Å²) < 4.78 is 20.5. The quantitative estimate of drug-likeness (QED) is 0.259. The van der Waals surface area contributed by atoms with Crippen molar-refractivity contribution in [2.75, 3.05) is 18.9 Å². The zero-order chi connectivity index (χ0) is 27.5. The van der Waals surface area contributed by atoms with Gasteiger partial charge in [-0.3, -0.25) is 0 Å². The minimum atomic E-state index is -1.58. The van der Waals surface area contributed by atoms with E-state index in [1.165, 1.54) is 5.56 Å². The molecule has 13 heteroatoms. The Hall–Kier alpha value is -2.78. The van der Waals surface area contributed by atoms with Crippen LogP contribution in [0.1, 0.15) is 35.9 Å². The number of ether oxygens (including phenoxy) is 3. The molecule has 2 aliphatic carbocycles. The van der Waals surface area contributed by atoms with Gasteiger partial charge in [0.1, 0.15) is 36.7 Å². The minimum Gasteiger partial charge on any atom is -0.504 e. The molecule has 2 saturated heterocycles. The highest BCUT2D eigenvalue weighted by Gasteiger charge is 2.65. The summed E-state index contributed by atoms with van der Waals surface area (Å²) in [6, 6.07) is 3.95. The molecule has 1 aromatic carbocycles. The summed E-state index contributed by atoms with van der Waals surface area (Å²) in [5.41, 5.74) is 1.80. The maximum Gasteiger partial charge on any atom is 0.223 e. The first-order chi connectivity index (χ1) is 19.3. The number of nitrogens with zero attached hydrogens (tertiary/aromatic N) is 4. The second-order valence-corrected chi connectivity index (χ2v) is 11.9. The minimum absolute atomic E-state index is 0.0958. The summed E-state index contributed by atoms with van der Waals surface area (Å²) in [6.07, 6.45) is -2.86. The van der Waals surface area contributed by atoms with Crippen LogP contribution < -0.4 is 10.1 Å². The highest BCUT2D eigenvalue weighted by atomic mass is 16.7. The molecule has 1 aromatic heterocycles. The van der Waals surface area contributed by atoms with E-state index in [1.807, 2.05) is 12.1 Å². The lowest BCUT2D eigenvalue weighted by molar-refractivity contribution is -0.314. The van der Waals surface area contributed by atoms with Gasteiger partial charge in [0, 0.05) is 35.9 Å². The molecule has 13 nitrogen and oxygen atoms in total. The van der Waals surface area contributed by atoms with Crippen molar-refractivity contribution >= 4 is 5.95 Å². The molecular weight excluding hydrogens is 522 g/mol.